The molecule has 0 aliphatic carbocycles. The molecule has 2 unspecified atom stereocenters. The highest BCUT2D eigenvalue weighted by Crippen LogP contribution is 2.38. The summed E-state index contributed by atoms with van der Waals surface area (Å²) < 4.78 is 1.96. The van der Waals surface area contributed by atoms with E-state index in [-0.39, 0.29) is 17.8 Å². The average Bonchev–Trinajstić information content (AvgIpc) is 3.62. The van der Waals surface area contributed by atoms with E-state index in [4.69, 9.17) is 21.1 Å². The van der Waals surface area contributed by atoms with Crippen LogP contribution < -0.4 is 21.7 Å². The summed E-state index contributed by atoms with van der Waals surface area (Å²) in [7, 11) is 1.78. The van der Waals surface area contributed by atoms with Crippen LogP contribution in [-0.4, -0.2) is 69.7 Å². The number of pyridine rings is 1. The molecule has 2 aliphatic rings. The number of aliphatic imine (C=N–C) groups is 1. The summed E-state index contributed by atoms with van der Waals surface area (Å²) in [6, 6.07) is 20.4. The Morgan fingerprint density at radius 1 is 1.19 bits per heavy atom. The van der Waals surface area contributed by atoms with Gasteiger partial charge in [-0.15, -0.1) is 0 Å². The molecule has 2 aromatic heterocycles. The highest BCUT2D eigenvalue weighted by Gasteiger charge is 2.49. The molecule has 43 heavy (non-hydrogen) atoms. The van der Waals surface area contributed by atoms with Crippen molar-refractivity contribution in [1.82, 2.24) is 35.4 Å². The monoisotopic (exact) mass is 578 g/mol. The molecule has 12 heteroatoms. The second-order valence-electron chi connectivity index (χ2n) is 10.8. The molecule has 6 rings (SSSR count). The predicted octanol–water partition coefficient (Wildman–Crippen LogP) is 1.88. The van der Waals surface area contributed by atoms with Crippen LogP contribution in [0.3, 0.4) is 0 Å². The van der Waals surface area contributed by atoms with E-state index in [1.54, 1.807) is 30.3 Å². The molecule has 1 spiro atoms. The fraction of sp³-hybridized carbons (Fsp3) is 0.290. The van der Waals surface area contributed by atoms with Gasteiger partial charge in [0.05, 0.1) is 17.6 Å². The molecule has 0 bridgehead atoms. The predicted molar refractivity (Wildman–Crippen MR) is 164 cm³/mol. The molecule has 0 fully saturated rings. The molecule has 0 radical (unpaired) electrons. The summed E-state index contributed by atoms with van der Waals surface area (Å²) in [4.78, 5) is 43.1. The van der Waals surface area contributed by atoms with Crippen LogP contribution in [-0.2, 0) is 16.9 Å². The molecule has 0 saturated carbocycles. The second kappa shape index (κ2) is 11.6. The molecule has 4 aromatic rings. The number of hydrogen-bond acceptors (Lipinski definition) is 7. The van der Waals surface area contributed by atoms with E-state index in [9.17, 15) is 9.59 Å². The standard InChI is InChI=1S/C31H34N10O2/c1-40(17-14-22-10-5-6-15-34-22)28(43)21-12-13-24-23(18-21)37-29-31(19-36-26(38-31)20-8-3-2-4-9-20)39-27(42)25(41(24)29)11-7-16-35-30(32)33/h2-6,8-10,12-13,15,18,25H,7,11,14,16-17,19H2,1H3,(H,36,38)(H,39,42)(H4,32,33,35). The third-order valence-corrected chi connectivity index (χ3v) is 7.86. The Balaban J connectivity index is 1.34. The first kappa shape index (κ1) is 27.9. The van der Waals surface area contributed by atoms with Gasteiger partial charge in [0.2, 0.25) is 11.6 Å². The summed E-state index contributed by atoms with van der Waals surface area (Å²) in [6.07, 6.45) is 3.51. The smallest absolute Gasteiger partial charge is 0.253 e. The summed E-state index contributed by atoms with van der Waals surface area (Å²) in [5, 5.41) is 16.7. The number of carbonyl (C=O) groups is 2. The van der Waals surface area contributed by atoms with Gasteiger partial charge in [0, 0.05) is 49.6 Å². The van der Waals surface area contributed by atoms with Gasteiger partial charge in [0.25, 0.3) is 5.91 Å². The number of carbonyl (C=O) groups excluding carboxylic acids is 2. The molecule has 2 amide bonds. The van der Waals surface area contributed by atoms with Crippen LogP contribution in [0, 0.1) is 5.41 Å². The van der Waals surface area contributed by atoms with Crippen molar-refractivity contribution in [3.8, 4) is 0 Å². The minimum atomic E-state index is -1.10. The lowest BCUT2D eigenvalue weighted by molar-refractivity contribution is -0.128. The van der Waals surface area contributed by atoms with Gasteiger partial charge >= 0.3 is 0 Å². The van der Waals surface area contributed by atoms with Crippen LogP contribution in [0.4, 0.5) is 0 Å². The maximum atomic E-state index is 13.7. The number of amidine groups is 1. The number of nitrogens with zero attached hydrogens (tertiary/aromatic N) is 5. The van der Waals surface area contributed by atoms with Crippen molar-refractivity contribution in [3.05, 3.63) is 95.6 Å². The van der Waals surface area contributed by atoms with Crippen molar-refractivity contribution in [2.45, 2.75) is 31.0 Å². The van der Waals surface area contributed by atoms with Crippen molar-refractivity contribution < 1.29 is 9.59 Å². The first-order chi connectivity index (χ1) is 20.8. The molecule has 0 saturated heterocycles. The Morgan fingerprint density at radius 3 is 2.77 bits per heavy atom. The highest BCUT2D eigenvalue weighted by atomic mass is 16.2. The molecular formula is C31H34N10O2. The van der Waals surface area contributed by atoms with Crippen LogP contribution in [0.25, 0.3) is 11.0 Å². The molecule has 12 nitrogen and oxygen atoms in total. The molecule has 4 heterocycles. The SMILES string of the molecule is CN(CCc1ccccn1)C(=O)c1ccc2c(c1)nc1n2C(CCCNC(=N)N)C(=O)NC12CNC(c1ccccc1)=N2. The van der Waals surface area contributed by atoms with Crippen LogP contribution >= 0.6 is 0 Å². The molecule has 2 atom stereocenters. The van der Waals surface area contributed by atoms with E-state index >= 15 is 0 Å². The number of rotatable bonds is 9. The highest BCUT2D eigenvalue weighted by molar-refractivity contribution is 6.01. The van der Waals surface area contributed by atoms with Crippen LogP contribution in [0.15, 0.2) is 77.9 Å². The number of likely N-dealkylation sites (N-methyl/N-ethyl adjacent to an activating group) is 1. The summed E-state index contributed by atoms with van der Waals surface area (Å²) in [6.45, 7) is 1.33. The number of amides is 2. The summed E-state index contributed by atoms with van der Waals surface area (Å²) >= 11 is 0. The second-order valence-corrected chi connectivity index (χ2v) is 10.8. The Labute approximate surface area is 248 Å². The third-order valence-electron chi connectivity index (χ3n) is 7.86. The Bertz CT molecular complexity index is 1700. The quantitative estimate of drug-likeness (QED) is 0.115. The number of aromatic nitrogens is 3. The molecular weight excluding hydrogens is 544 g/mol. The van der Waals surface area contributed by atoms with Crippen molar-refractivity contribution in [3.63, 3.8) is 0 Å². The Hall–Kier alpha value is -5.26. The zero-order valence-electron chi connectivity index (χ0n) is 23.9. The molecule has 2 aliphatic heterocycles. The van der Waals surface area contributed by atoms with Gasteiger partial charge in [-0.2, -0.15) is 0 Å². The number of benzene rings is 2. The number of guanidine groups is 1. The Morgan fingerprint density at radius 2 is 2.00 bits per heavy atom. The van der Waals surface area contributed by atoms with E-state index in [1.165, 1.54) is 0 Å². The van der Waals surface area contributed by atoms with E-state index < -0.39 is 11.7 Å². The minimum absolute atomic E-state index is 0.108. The van der Waals surface area contributed by atoms with E-state index in [0.29, 0.717) is 61.6 Å². The molecule has 6 N–H and O–H groups in total. The largest absolute Gasteiger partial charge is 0.370 e. The van der Waals surface area contributed by atoms with Gasteiger partial charge in [-0.3, -0.25) is 20.0 Å². The van der Waals surface area contributed by atoms with Gasteiger partial charge in [0.1, 0.15) is 11.9 Å². The van der Waals surface area contributed by atoms with Gasteiger partial charge in [-0.1, -0.05) is 36.4 Å². The summed E-state index contributed by atoms with van der Waals surface area (Å²) in [5.41, 5.74) is 8.06. The zero-order chi connectivity index (χ0) is 30.0. The number of nitrogens with one attached hydrogen (secondary N) is 4. The first-order valence-electron chi connectivity index (χ1n) is 14.3. The Kier molecular flexibility index (Phi) is 7.49. The summed E-state index contributed by atoms with van der Waals surface area (Å²) in [5.74, 6) is 0.894. The fourth-order valence-electron chi connectivity index (χ4n) is 5.67. The topological polar surface area (TPSA) is 166 Å². The minimum Gasteiger partial charge on any atom is -0.370 e. The van der Waals surface area contributed by atoms with Crippen LogP contribution in [0.1, 0.15) is 46.3 Å². The van der Waals surface area contributed by atoms with Crippen molar-refractivity contribution in [2.24, 2.45) is 10.7 Å². The van der Waals surface area contributed by atoms with Gasteiger partial charge < -0.3 is 31.2 Å². The number of imidazole rings is 1. The normalized spacial score (nSPS) is 19.0. The maximum Gasteiger partial charge on any atom is 0.253 e. The molecule has 220 valence electrons. The van der Waals surface area contributed by atoms with Gasteiger partial charge in [-0.05, 0) is 43.2 Å². The van der Waals surface area contributed by atoms with Gasteiger partial charge in [-0.25, -0.2) is 9.98 Å². The van der Waals surface area contributed by atoms with Crippen molar-refractivity contribution in [1.29, 1.82) is 5.41 Å². The lowest BCUT2D eigenvalue weighted by Crippen LogP contribution is -2.55. The lowest BCUT2D eigenvalue weighted by atomic mass is 10.0. The lowest BCUT2D eigenvalue weighted by Gasteiger charge is -2.36. The number of fused-ring (bicyclic) bond motifs is 4. The van der Waals surface area contributed by atoms with E-state index in [0.717, 1.165) is 16.8 Å². The van der Waals surface area contributed by atoms with Gasteiger partial charge in [0.15, 0.2) is 11.8 Å². The fourth-order valence-corrected chi connectivity index (χ4v) is 5.67. The van der Waals surface area contributed by atoms with E-state index in [2.05, 4.69) is 20.9 Å². The van der Waals surface area contributed by atoms with Crippen LogP contribution in [0.2, 0.25) is 0 Å². The number of hydrogen-bond donors (Lipinski definition) is 5. The van der Waals surface area contributed by atoms with E-state index in [1.807, 2.05) is 59.2 Å². The van der Waals surface area contributed by atoms with Crippen molar-refractivity contribution in [2.75, 3.05) is 26.7 Å². The molecule has 2 aromatic carbocycles. The van der Waals surface area contributed by atoms with Crippen molar-refractivity contribution >= 4 is 34.6 Å². The zero-order valence-corrected chi connectivity index (χ0v) is 23.9. The maximum absolute atomic E-state index is 13.7. The van der Waals surface area contributed by atoms with Crippen LogP contribution in [0.5, 0.6) is 0 Å². The third kappa shape index (κ3) is 5.51. The average molecular weight is 579 g/mol. The number of nitrogens with two attached hydrogens (primary N) is 1. The first-order valence-corrected chi connectivity index (χ1v) is 14.3.